The maximum Gasteiger partial charge on any atom is 0.412 e. The number of esters is 1. The second-order valence-electron chi connectivity index (χ2n) is 6.79. The van der Waals surface area contributed by atoms with Crippen molar-refractivity contribution < 1.29 is 19.1 Å². The molecule has 2 rings (SSSR count). The maximum absolute atomic E-state index is 12.3. The Hall–Kier alpha value is -2.34. The molecule has 1 aromatic carbocycles. The van der Waals surface area contributed by atoms with Crippen molar-refractivity contribution in [3.05, 3.63) is 40.3 Å². The number of hydrogen-bond acceptors (Lipinski definition) is 5. The molecule has 0 fully saturated rings. The van der Waals surface area contributed by atoms with E-state index >= 15 is 0 Å². The Morgan fingerprint density at radius 1 is 1.12 bits per heavy atom. The zero-order valence-corrected chi connectivity index (χ0v) is 16.2. The van der Waals surface area contributed by atoms with Crippen LogP contribution in [0.25, 0.3) is 11.1 Å². The minimum Gasteiger partial charge on any atom is -0.465 e. The summed E-state index contributed by atoms with van der Waals surface area (Å²) < 4.78 is 10.2. The van der Waals surface area contributed by atoms with Crippen molar-refractivity contribution in [2.24, 2.45) is 0 Å². The van der Waals surface area contributed by atoms with Crippen molar-refractivity contribution in [3.8, 4) is 11.1 Å². The fourth-order valence-corrected chi connectivity index (χ4v) is 3.31. The highest BCUT2D eigenvalue weighted by Crippen LogP contribution is 2.38. The Bertz CT molecular complexity index is 802. The Kier molecular flexibility index (Phi) is 5.52. The molecular formula is C19H23NO4S. The van der Waals surface area contributed by atoms with E-state index in [1.165, 1.54) is 18.4 Å². The number of ether oxygens (including phenoxy) is 2. The zero-order valence-electron chi connectivity index (χ0n) is 15.4. The molecule has 0 spiro atoms. The normalized spacial score (nSPS) is 11.1. The summed E-state index contributed by atoms with van der Waals surface area (Å²) in [5, 5.41) is 4.92. The van der Waals surface area contributed by atoms with Crippen LogP contribution in [0.2, 0.25) is 0 Å². The molecule has 2 aromatic rings. The summed E-state index contributed by atoms with van der Waals surface area (Å²) in [5.41, 5.74) is 3.52. The highest BCUT2D eigenvalue weighted by Gasteiger charge is 2.25. The first-order valence-corrected chi connectivity index (χ1v) is 8.78. The third-order valence-corrected chi connectivity index (χ3v) is 4.37. The minimum absolute atomic E-state index is 0.340. The standard InChI is InChI=1S/C19H23NO4S/c1-11-7-8-12(2)13(9-11)14-10-25-16(15(14)17(21)23-6)20-18(22)24-19(3,4)5/h7-10H,1-6H3,(H,20,22). The molecule has 1 amide bonds. The fraction of sp³-hybridized carbons (Fsp3) is 0.368. The van der Waals surface area contributed by atoms with Crippen molar-refractivity contribution in [1.29, 1.82) is 0 Å². The highest BCUT2D eigenvalue weighted by molar-refractivity contribution is 7.15. The molecule has 0 aliphatic heterocycles. The number of benzene rings is 1. The summed E-state index contributed by atoms with van der Waals surface area (Å²) in [4.78, 5) is 24.4. The topological polar surface area (TPSA) is 64.6 Å². The van der Waals surface area contributed by atoms with Crippen LogP contribution in [0.5, 0.6) is 0 Å². The van der Waals surface area contributed by atoms with E-state index in [2.05, 4.69) is 5.32 Å². The molecule has 0 radical (unpaired) electrons. The smallest absolute Gasteiger partial charge is 0.412 e. The molecule has 1 N–H and O–H groups in total. The molecule has 0 bridgehead atoms. The predicted octanol–water partition coefficient (Wildman–Crippen LogP) is 5.17. The molecule has 1 heterocycles. The zero-order chi connectivity index (χ0) is 18.8. The first kappa shape index (κ1) is 19.0. The van der Waals surface area contributed by atoms with E-state index in [0.717, 1.165) is 22.3 Å². The molecule has 134 valence electrons. The van der Waals surface area contributed by atoms with E-state index in [1.807, 2.05) is 37.4 Å². The Morgan fingerprint density at radius 3 is 2.40 bits per heavy atom. The van der Waals surface area contributed by atoms with Gasteiger partial charge in [0.2, 0.25) is 0 Å². The van der Waals surface area contributed by atoms with E-state index in [1.54, 1.807) is 20.8 Å². The number of anilines is 1. The quantitative estimate of drug-likeness (QED) is 0.766. The third-order valence-electron chi connectivity index (χ3n) is 3.48. The second kappa shape index (κ2) is 7.27. The molecule has 0 aliphatic rings. The molecule has 1 aromatic heterocycles. The van der Waals surface area contributed by atoms with Crippen LogP contribution in [0.4, 0.5) is 9.80 Å². The number of amides is 1. The van der Waals surface area contributed by atoms with Crippen molar-refractivity contribution in [2.45, 2.75) is 40.2 Å². The number of carbonyl (C=O) groups is 2. The van der Waals surface area contributed by atoms with Crippen LogP contribution in [0.15, 0.2) is 23.6 Å². The molecule has 0 saturated carbocycles. The number of thiophene rings is 1. The number of aryl methyl sites for hydroxylation is 2. The SMILES string of the molecule is COC(=O)c1c(-c2cc(C)ccc2C)csc1NC(=O)OC(C)(C)C. The Morgan fingerprint density at radius 2 is 1.80 bits per heavy atom. The monoisotopic (exact) mass is 361 g/mol. The van der Waals surface area contributed by atoms with Crippen molar-refractivity contribution >= 4 is 28.4 Å². The van der Waals surface area contributed by atoms with E-state index in [-0.39, 0.29) is 0 Å². The second-order valence-corrected chi connectivity index (χ2v) is 7.67. The van der Waals surface area contributed by atoms with Crippen LogP contribution in [-0.4, -0.2) is 24.8 Å². The Labute approximate surface area is 152 Å². The number of hydrogen-bond donors (Lipinski definition) is 1. The summed E-state index contributed by atoms with van der Waals surface area (Å²) in [6.07, 6.45) is -0.605. The molecule has 0 saturated heterocycles. The first-order chi connectivity index (χ1) is 11.6. The maximum atomic E-state index is 12.3. The lowest BCUT2D eigenvalue weighted by Crippen LogP contribution is -2.27. The number of rotatable bonds is 3. The molecule has 6 heteroatoms. The Balaban J connectivity index is 2.46. The number of nitrogens with one attached hydrogen (secondary N) is 1. The van der Waals surface area contributed by atoms with Gasteiger partial charge in [0.1, 0.15) is 16.2 Å². The summed E-state index contributed by atoms with van der Waals surface area (Å²) >= 11 is 1.27. The van der Waals surface area contributed by atoms with Gasteiger partial charge in [-0.3, -0.25) is 5.32 Å². The predicted molar refractivity (Wildman–Crippen MR) is 100 cm³/mol. The van der Waals surface area contributed by atoms with Crippen molar-refractivity contribution in [2.75, 3.05) is 12.4 Å². The lowest BCUT2D eigenvalue weighted by atomic mass is 9.97. The van der Waals surface area contributed by atoms with Crippen LogP contribution >= 0.6 is 11.3 Å². The van der Waals surface area contributed by atoms with Gasteiger partial charge in [-0.2, -0.15) is 0 Å². The van der Waals surface area contributed by atoms with Gasteiger partial charge in [-0.25, -0.2) is 9.59 Å². The van der Waals surface area contributed by atoms with Gasteiger partial charge in [0.05, 0.1) is 7.11 Å². The van der Waals surface area contributed by atoms with Gasteiger partial charge in [-0.15, -0.1) is 11.3 Å². The van der Waals surface area contributed by atoms with E-state index in [4.69, 9.17) is 9.47 Å². The van der Waals surface area contributed by atoms with Gasteiger partial charge < -0.3 is 9.47 Å². The van der Waals surface area contributed by atoms with E-state index in [0.29, 0.717) is 10.6 Å². The van der Waals surface area contributed by atoms with Gasteiger partial charge in [0.25, 0.3) is 0 Å². The average Bonchev–Trinajstić information content (AvgIpc) is 2.90. The van der Waals surface area contributed by atoms with Crippen LogP contribution in [0, 0.1) is 13.8 Å². The fourth-order valence-electron chi connectivity index (χ4n) is 2.38. The molecule has 5 nitrogen and oxygen atoms in total. The highest BCUT2D eigenvalue weighted by atomic mass is 32.1. The lowest BCUT2D eigenvalue weighted by Gasteiger charge is -2.19. The lowest BCUT2D eigenvalue weighted by molar-refractivity contribution is 0.0603. The molecular weight excluding hydrogens is 338 g/mol. The van der Waals surface area contributed by atoms with Gasteiger partial charge >= 0.3 is 12.1 Å². The summed E-state index contributed by atoms with van der Waals surface area (Å²) in [6.45, 7) is 9.32. The van der Waals surface area contributed by atoms with Crippen LogP contribution in [0.3, 0.4) is 0 Å². The average molecular weight is 361 g/mol. The summed E-state index contributed by atoms with van der Waals surface area (Å²) in [7, 11) is 1.32. The first-order valence-electron chi connectivity index (χ1n) is 7.90. The summed E-state index contributed by atoms with van der Waals surface area (Å²) in [5.74, 6) is -0.497. The van der Waals surface area contributed by atoms with Crippen LogP contribution < -0.4 is 5.32 Å². The van der Waals surface area contributed by atoms with Crippen LogP contribution in [0.1, 0.15) is 42.3 Å². The number of methoxy groups -OCH3 is 1. The van der Waals surface area contributed by atoms with Gasteiger partial charge in [-0.1, -0.05) is 23.8 Å². The third kappa shape index (κ3) is 4.60. The van der Waals surface area contributed by atoms with Crippen LogP contribution in [-0.2, 0) is 9.47 Å². The summed E-state index contributed by atoms with van der Waals surface area (Å²) in [6, 6.07) is 6.04. The van der Waals surface area contributed by atoms with E-state index < -0.39 is 17.7 Å². The van der Waals surface area contributed by atoms with E-state index in [9.17, 15) is 9.59 Å². The molecule has 0 unspecified atom stereocenters. The van der Waals surface area contributed by atoms with Crippen molar-refractivity contribution in [1.82, 2.24) is 0 Å². The van der Waals surface area contributed by atoms with Gasteiger partial charge in [0, 0.05) is 10.9 Å². The minimum atomic E-state index is -0.622. The number of carbonyl (C=O) groups excluding carboxylic acids is 2. The van der Waals surface area contributed by atoms with Gasteiger partial charge in [0.15, 0.2) is 0 Å². The molecule has 0 aliphatic carbocycles. The van der Waals surface area contributed by atoms with Gasteiger partial charge in [-0.05, 0) is 45.7 Å². The molecule has 25 heavy (non-hydrogen) atoms. The molecule has 0 atom stereocenters. The van der Waals surface area contributed by atoms with Crippen molar-refractivity contribution in [3.63, 3.8) is 0 Å². The largest absolute Gasteiger partial charge is 0.465 e.